The molecule has 0 saturated carbocycles. The first-order chi connectivity index (χ1) is 9.85. The molecule has 4 unspecified atom stereocenters. The van der Waals surface area contributed by atoms with Crippen molar-refractivity contribution < 1.29 is 14.9 Å². The van der Waals surface area contributed by atoms with E-state index in [9.17, 15) is 19.8 Å². The standard InChI is InChI=1S/C12H19N3O5S/c1-6-4-15(11(19)14-9(6)18)12(10(13)20-2)3-7(17)8(5-16)21-12/h4,7-8,10,16-17H,3,5,13H2,1-2H3,(H,14,18,19). The number of hydrogen-bond acceptors (Lipinski definition) is 7. The first kappa shape index (κ1) is 16.2. The molecule has 0 amide bonds. The summed E-state index contributed by atoms with van der Waals surface area (Å²) in [6.45, 7) is 1.32. The molecule has 0 aliphatic carbocycles. The Labute approximate surface area is 124 Å². The van der Waals surface area contributed by atoms with Gasteiger partial charge in [-0.3, -0.25) is 14.3 Å². The Morgan fingerprint density at radius 3 is 2.86 bits per heavy atom. The quantitative estimate of drug-likeness (QED) is 0.486. The molecule has 118 valence electrons. The number of aromatic nitrogens is 2. The van der Waals surface area contributed by atoms with E-state index in [0.29, 0.717) is 5.56 Å². The molecule has 1 aromatic rings. The predicted octanol–water partition coefficient (Wildman–Crippen LogP) is -1.71. The van der Waals surface area contributed by atoms with E-state index in [1.54, 1.807) is 6.92 Å². The van der Waals surface area contributed by atoms with E-state index in [2.05, 4.69) is 4.98 Å². The number of nitrogens with zero attached hydrogens (tertiary/aromatic N) is 1. The van der Waals surface area contributed by atoms with Gasteiger partial charge in [-0.25, -0.2) is 4.79 Å². The topological polar surface area (TPSA) is 131 Å². The molecule has 1 aliphatic heterocycles. The van der Waals surface area contributed by atoms with E-state index in [0.717, 1.165) is 0 Å². The van der Waals surface area contributed by atoms with Crippen LogP contribution in [0.5, 0.6) is 0 Å². The molecule has 1 saturated heterocycles. The van der Waals surface area contributed by atoms with Gasteiger partial charge >= 0.3 is 5.69 Å². The van der Waals surface area contributed by atoms with E-state index in [1.807, 2.05) is 0 Å². The summed E-state index contributed by atoms with van der Waals surface area (Å²) in [5.74, 6) is 0. The van der Waals surface area contributed by atoms with E-state index in [-0.39, 0.29) is 13.0 Å². The van der Waals surface area contributed by atoms with Crippen LogP contribution in [-0.2, 0) is 9.61 Å². The molecule has 4 atom stereocenters. The molecule has 1 aromatic heterocycles. The minimum atomic E-state index is -1.09. The third kappa shape index (κ3) is 2.67. The smallest absolute Gasteiger partial charge is 0.329 e. The highest BCUT2D eigenvalue weighted by atomic mass is 32.2. The third-order valence-corrected chi connectivity index (χ3v) is 5.46. The van der Waals surface area contributed by atoms with Crippen molar-refractivity contribution in [2.45, 2.75) is 35.8 Å². The van der Waals surface area contributed by atoms with Gasteiger partial charge in [0.15, 0.2) is 0 Å². The number of nitrogens with one attached hydrogen (secondary N) is 1. The second kappa shape index (κ2) is 5.93. The van der Waals surface area contributed by atoms with Crippen LogP contribution in [0.4, 0.5) is 0 Å². The van der Waals surface area contributed by atoms with Crippen molar-refractivity contribution in [2.24, 2.45) is 5.73 Å². The van der Waals surface area contributed by atoms with Gasteiger partial charge < -0.3 is 20.7 Å². The molecule has 0 radical (unpaired) electrons. The maximum atomic E-state index is 12.1. The second-order valence-electron chi connectivity index (χ2n) is 5.05. The van der Waals surface area contributed by atoms with Gasteiger partial charge in [-0.05, 0) is 6.92 Å². The molecule has 0 aromatic carbocycles. The number of thioether (sulfide) groups is 1. The van der Waals surface area contributed by atoms with Gasteiger partial charge in [-0.2, -0.15) is 0 Å². The number of aliphatic hydroxyl groups is 2. The fraction of sp³-hybridized carbons (Fsp3) is 0.667. The number of rotatable bonds is 4. The van der Waals surface area contributed by atoms with Gasteiger partial charge in [0.05, 0.1) is 18.0 Å². The average molecular weight is 317 g/mol. The van der Waals surface area contributed by atoms with Crippen LogP contribution in [0, 0.1) is 6.92 Å². The van der Waals surface area contributed by atoms with Crippen LogP contribution >= 0.6 is 11.8 Å². The molecule has 1 aliphatic rings. The first-order valence-corrected chi connectivity index (χ1v) is 7.32. The number of methoxy groups -OCH3 is 1. The van der Waals surface area contributed by atoms with E-state index >= 15 is 0 Å². The number of H-pyrrole nitrogens is 1. The molecule has 2 rings (SSSR count). The summed E-state index contributed by atoms with van der Waals surface area (Å²) < 4.78 is 6.45. The zero-order valence-electron chi connectivity index (χ0n) is 11.8. The fourth-order valence-corrected chi connectivity index (χ4v) is 4.09. The fourth-order valence-electron chi connectivity index (χ4n) is 2.49. The summed E-state index contributed by atoms with van der Waals surface area (Å²) in [4.78, 5) is 24.8. The second-order valence-corrected chi connectivity index (χ2v) is 6.60. The van der Waals surface area contributed by atoms with Gasteiger partial charge in [0, 0.05) is 25.3 Å². The van der Waals surface area contributed by atoms with Gasteiger partial charge in [0.2, 0.25) is 0 Å². The maximum absolute atomic E-state index is 12.1. The Kier molecular flexibility index (Phi) is 4.59. The number of hydrogen-bond donors (Lipinski definition) is 4. The highest BCUT2D eigenvalue weighted by Gasteiger charge is 2.51. The Hall–Kier alpha value is -1.13. The van der Waals surface area contributed by atoms with Crippen molar-refractivity contribution in [2.75, 3.05) is 13.7 Å². The lowest BCUT2D eigenvalue weighted by Gasteiger charge is -2.35. The van der Waals surface area contributed by atoms with Gasteiger partial charge in [0.1, 0.15) is 11.1 Å². The summed E-state index contributed by atoms with van der Waals surface area (Å²) in [6, 6.07) is 0. The van der Waals surface area contributed by atoms with Crippen LogP contribution in [0.2, 0.25) is 0 Å². The summed E-state index contributed by atoms with van der Waals surface area (Å²) in [5, 5.41) is 18.9. The van der Waals surface area contributed by atoms with E-state index in [4.69, 9.17) is 10.5 Å². The Morgan fingerprint density at radius 2 is 2.33 bits per heavy atom. The molecule has 0 bridgehead atoms. The molecule has 21 heavy (non-hydrogen) atoms. The number of nitrogens with two attached hydrogens (primary N) is 1. The largest absolute Gasteiger partial charge is 0.395 e. The Balaban J connectivity index is 2.60. The molecule has 5 N–H and O–H groups in total. The summed E-state index contributed by atoms with van der Waals surface area (Å²) >= 11 is 1.17. The third-order valence-electron chi connectivity index (χ3n) is 3.69. The molecule has 8 nitrogen and oxygen atoms in total. The average Bonchev–Trinajstić information content (AvgIpc) is 2.79. The summed E-state index contributed by atoms with van der Waals surface area (Å²) in [7, 11) is 1.40. The molecular weight excluding hydrogens is 298 g/mol. The lowest BCUT2D eigenvalue weighted by Crippen LogP contribution is -2.53. The van der Waals surface area contributed by atoms with Crippen molar-refractivity contribution in [1.29, 1.82) is 0 Å². The number of aryl methyl sites for hydroxylation is 1. The van der Waals surface area contributed by atoms with Gasteiger partial charge in [-0.1, -0.05) is 0 Å². The number of ether oxygens (including phenoxy) is 1. The summed E-state index contributed by atoms with van der Waals surface area (Å²) in [6.07, 6.45) is -0.194. The molecular formula is C12H19N3O5S. The minimum Gasteiger partial charge on any atom is -0.395 e. The van der Waals surface area contributed by atoms with Crippen molar-refractivity contribution in [3.05, 3.63) is 32.6 Å². The molecule has 9 heteroatoms. The van der Waals surface area contributed by atoms with Gasteiger partial charge in [-0.15, -0.1) is 11.8 Å². The Bertz CT molecular complexity index is 630. The SMILES string of the molecule is COC(N)C1(n2cc(C)c(=O)[nH]c2=O)CC(O)C(CO)S1. The van der Waals surface area contributed by atoms with Crippen molar-refractivity contribution >= 4 is 11.8 Å². The van der Waals surface area contributed by atoms with Crippen LogP contribution in [0.15, 0.2) is 15.8 Å². The Morgan fingerprint density at radius 1 is 1.67 bits per heavy atom. The molecule has 2 heterocycles. The van der Waals surface area contributed by atoms with Crippen LogP contribution in [-0.4, -0.2) is 51.1 Å². The monoisotopic (exact) mass is 317 g/mol. The van der Waals surface area contributed by atoms with Crippen molar-refractivity contribution in [3.8, 4) is 0 Å². The van der Waals surface area contributed by atoms with Gasteiger partial charge in [0.25, 0.3) is 5.56 Å². The van der Waals surface area contributed by atoms with Crippen LogP contribution in [0.3, 0.4) is 0 Å². The number of aliphatic hydroxyl groups excluding tert-OH is 2. The lowest BCUT2D eigenvalue weighted by molar-refractivity contribution is 0.0236. The van der Waals surface area contributed by atoms with E-state index in [1.165, 1.54) is 29.6 Å². The normalized spacial score (nSPS) is 30.5. The van der Waals surface area contributed by atoms with Crippen LogP contribution in [0.1, 0.15) is 12.0 Å². The van der Waals surface area contributed by atoms with E-state index < -0.39 is 33.7 Å². The zero-order valence-corrected chi connectivity index (χ0v) is 12.6. The lowest BCUT2D eigenvalue weighted by atomic mass is 10.1. The maximum Gasteiger partial charge on any atom is 0.329 e. The molecule has 1 fully saturated rings. The highest BCUT2D eigenvalue weighted by molar-refractivity contribution is 8.01. The van der Waals surface area contributed by atoms with Crippen molar-refractivity contribution in [1.82, 2.24) is 9.55 Å². The van der Waals surface area contributed by atoms with Crippen LogP contribution < -0.4 is 17.0 Å². The minimum absolute atomic E-state index is 0.128. The first-order valence-electron chi connectivity index (χ1n) is 6.44. The highest BCUT2D eigenvalue weighted by Crippen LogP contribution is 2.48. The number of aromatic amines is 1. The molecule has 0 spiro atoms. The van der Waals surface area contributed by atoms with Crippen LogP contribution in [0.25, 0.3) is 0 Å². The predicted molar refractivity (Wildman–Crippen MR) is 78.1 cm³/mol. The zero-order chi connectivity index (χ0) is 15.8. The summed E-state index contributed by atoms with van der Waals surface area (Å²) in [5.41, 5.74) is 5.24. The van der Waals surface area contributed by atoms with Crippen molar-refractivity contribution in [3.63, 3.8) is 0 Å².